The lowest BCUT2D eigenvalue weighted by Crippen LogP contribution is -2.65. The maximum atomic E-state index is 13.4. The first-order valence-electron chi connectivity index (χ1n) is 11.1. The number of rotatable bonds is 3. The van der Waals surface area contributed by atoms with Crippen LogP contribution in [0.2, 0.25) is 0 Å². The van der Waals surface area contributed by atoms with Gasteiger partial charge < -0.3 is 19.4 Å². The third-order valence-corrected chi connectivity index (χ3v) is 8.97. The number of fused-ring (bicyclic) bond motifs is 4. The first kappa shape index (κ1) is 20.7. The molecule has 2 N–H and O–H groups in total. The molecule has 6 nitrogen and oxygen atoms in total. The number of aliphatic carboxylic acids is 1. The average molecular weight is 427 g/mol. The Labute approximate surface area is 182 Å². The van der Waals surface area contributed by atoms with Gasteiger partial charge in [-0.25, -0.2) is 0 Å². The van der Waals surface area contributed by atoms with Gasteiger partial charge in [-0.05, 0) is 43.4 Å². The van der Waals surface area contributed by atoms with Crippen LogP contribution < -0.4 is 0 Å². The van der Waals surface area contributed by atoms with Gasteiger partial charge in [0.1, 0.15) is 5.78 Å². The van der Waals surface area contributed by atoms with Crippen molar-refractivity contribution in [3.05, 3.63) is 47.0 Å². The Hall–Kier alpha value is -2.18. The summed E-state index contributed by atoms with van der Waals surface area (Å²) in [7, 11) is 0. The molecule has 2 heterocycles. The molecule has 1 aromatic rings. The second-order valence-electron chi connectivity index (χ2n) is 10.2. The lowest BCUT2D eigenvalue weighted by molar-refractivity contribution is -0.189. The van der Waals surface area contributed by atoms with Crippen molar-refractivity contribution in [1.82, 2.24) is 0 Å². The molecule has 6 heteroatoms. The van der Waals surface area contributed by atoms with Gasteiger partial charge in [0.05, 0.1) is 37.3 Å². The molecule has 166 valence electrons. The van der Waals surface area contributed by atoms with Gasteiger partial charge in [-0.3, -0.25) is 9.59 Å². The fourth-order valence-corrected chi connectivity index (χ4v) is 7.68. The van der Waals surface area contributed by atoms with Gasteiger partial charge in [0.2, 0.25) is 0 Å². The number of hydrogen-bond acceptors (Lipinski definition) is 5. The standard InChI is InChI=1S/C25H30O6/c1-12-5-6-18(26)24(3)17(10-19(27)28)25(4)21-13(2)15(14-7-8-30-11-14)9-16(21)31-23(25)22(29)20(12)24/h5,7-8,11,15-17,20,22-23,29H,6,9-10H2,1-4H3,(H,27,28)/t15-,16+,17-,20-,22+,23-,24-,25+/m1/s1. The molecule has 4 aliphatic rings. The molecule has 1 aromatic heterocycles. The number of aliphatic hydroxyl groups excluding tert-OH is 1. The second kappa shape index (κ2) is 6.66. The monoisotopic (exact) mass is 426 g/mol. The number of Topliss-reactive ketones (excluding diaryl/α,β-unsaturated/α-hetero) is 1. The molecule has 0 spiro atoms. The summed E-state index contributed by atoms with van der Waals surface area (Å²) in [6.45, 7) is 7.92. The van der Waals surface area contributed by atoms with Crippen molar-refractivity contribution in [1.29, 1.82) is 0 Å². The molecule has 0 radical (unpaired) electrons. The largest absolute Gasteiger partial charge is 0.481 e. The second-order valence-corrected chi connectivity index (χ2v) is 10.2. The fourth-order valence-electron chi connectivity index (χ4n) is 7.68. The number of ether oxygens (including phenoxy) is 1. The Balaban J connectivity index is 1.70. The Morgan fingerprint density at radius 2 is 2.00 bits per heavy atom. The summed E-state index contributed by atoms with van der Waals surface area (Å²) in [5, 5.41) is 21.4. The van der Waals surface area contributed by atoms with Crippen molar-refractivity contribution in [2.24, 2.45) is 22.7 Å². The highest BCUT2D eigenvalue weighted by atomic mass is 16.5. The molecule has 0 aromatic carbocycles. The number of carbonyl (C=O) groups is 2. The first-order valence-corrected chi connectivity index (χ1v) is 11.1. The fraction of sp³-hybridized carbons (Fsp3) is 0.600. The molecule has 3 aliphatic carbocycles. The van der Waals surface area contributed by atoms with Crippen molar-refractivity contribution >= 4 is 11.8 Å². The van der Waals surface area contributed by atoms with Gasteiger partial charge >= 0.3 is 5.97 Å². The van der Waals surface area contributed by atoms with Gasteiger partial charge in [0, 0.05) is 29.1 Å². The van der Waals surface area contributed by atoms with Crippen LogP contribution in [0.4, 0.5) is 0 Å². The van der Waals surface area contributed by atoms with Crippen molar-refractivity contribution in [3.8, 4) is 0 Å². The third kappa shape index (κ3) is 2.52. The van der Waals surface area contributed by atoms with E-state index in [0.29, 0.717) is 0 Å². The molecule has 0 bridgehead atoms. The minimum absolute atomic E-state index is 0.0131. The molecule has 0 amide bonds. The minimum Gasteiger partial charge on any atom is -0.481 e. The van der Waals surface area contributed by atoms with Gasteiger partial charge in [0.25, 0.3) is 0 Å². The van der Waals surface area contributed by atoms with E-state index < -0.39 is 40.8 Å². The number of aliphatic hydroxyl groups is 1. The maximum Gasteiger partial charge on any atom is 0.303 e. The summed E-state index contributed by atoms with van der Waals surface area (Å²) < 4.78 is 11.8. The highest BCUT2D eigenvalue weighted by Crippen LogP contribution is 2.68. The van der Waals surface area contributed by atoms with Crippen LogP contribution >= 0.6 is 0 Å². The summed E-state index contributed by atoms with van der Waals surface area (Å²) >= 11 is 0. The number of carboxylic acids is 1. The third-order valence-electron chi connectivity index (χ3n) is 8.97. The minimum atomic E-state index is -0.957. The molecule has 5 rings (SSSR count). The van der Waals surface area contributed by atoms with E-state index in [1.807, 2.05) is 32.9 Å². The van der Waals surface area contributed by atoms with E-state index in [0.717, 1.165) is 28.7 Å². The van der Waals surface area contributed by atoms with Gasteiger partial charge in [0.15, 0.2) is 0 Å². The number of carbonyl (C=O) groups excluding carboxylic acids is 1. The maximum absolute atomic E-state index is 13.4. The van der Waals surface area contributed by atoms with Crippen LogP contribution in [0.1, 0.15) is 58.4 Å². The number of hydrogen-bond donors (Lipinski definition) is 2. The number of carboxylic acid groups (broad SMARTS) is 1. The lowest BCUT2D eigenvalue weighted by atomic mass is 9.44. The van der Waals surface area contributed by atoms with Crippen LogP contribution in [-0.2, 0) is 14.3 Å². The summed E-state index contributed by atoms with van der Waals surface area (Å²) in [4.78, 5) is 25.4. The normalized spacial score (nSPS) is 44.0. The predicted molar refractivity (Wildman–Crippen MR) is 112 cm³/mol. The SMILES string of the molecule is CC1=CCC(=O)[C@@]2(C)[C@@H](CC(=O)O)[C@@]3(C)C4=C(C)[C@H](c5ccoc5)C[C@@H]4O[C@@H]3[C@@H](O)[C@@H]12. The topological polar surface area (TPSA) is 97.0 Å². The number of ketones is 1. The Morgan fingerprint density at radius 3 is 2.65 bits per heavy atom. The van der Waals surface area contributed by atoms with Gasteiger partial charge in [-0.2, -0.15) is 0 Å². The quantitative estimate of drug-likeness (QED) is 0.713. The smallest absolute Gasteiger partial charge is 0.303 e. The van der Waals surface area contributed by atoms with Crippen molar-refractivity contribution in [3.63, 3.8) is 0 Å². The van der Waals surface area contributed by atoms with E-state index in [-0.39, 0.29) is 30.6 Å². The zero-order chi connectivity index (χ0) is 22.3. The Kier molecular flexibility index (Phi) is 4.45. The molecule has 2 fully saturated rings. The van der Waals surface area contributed by atoms with Crippen LogP contribution in [0, 0.1) is 22.7 Å². The number of allylic oxidation sites excluding steroid dienone is 2. The molecule has 1 saturated carbocycles. The zero-order valence-electron chi connectivity index (χ0n) is 18.4. The highest BCUT2D eigenvalue weighted by Gasteiger charge is 2.71. The Morgan fingerprint density at radius 1 is 1.26 bits per heavy atom. The van der Waals surface area contributed by atoms with Crippen molar-refractivity contribution in [2.45, 2.75) is 71.2 Å². The van der Waals surface area contributed by atoms with E-state index >= 15 is 0 Å². The van der Waals surface area contributed by atoms with Gasteiger partial charge in [-0.1, -0.05) is 31.1 Å². The summed E-state index contributed by atoms with van der Waals surface area (Å²) in [6, 6.07) is 1.95. The van der Waals surface area contributed by atoms with Crippen LogP contribution in [0.15, 0.2) is 45.8 Å². The molecular weight excluding hydrogens is 396 g/mol. The zero-order valence-corrected chi connectivity index (χ0v) is 18.4. The molecule has 1 saturated heterocycles. The van der Waals surface area contributed by atoms with Crippen LogP contribution in [0.3, 0.4) is 0 Å². The van der Waals surface area contributed by atoms with Crippen LogP contribution in [0.5, 0.6) is 0 Å². The van der Waals surface area contributed by atoms with E-state index in [1.165, 1.54) is 0 Å². The van der Waals surface area contributed by atoms with Crippen molar-refractivity contribution < 1.29 is 29.0 Å². The predicted octanol–water partition coefficient (Wildman–Crippen LogP) is 3.86. The number of furan rings is 1. The van der Waals surface area contributed by atoms with Gasteiger partial charge in [-0.15, -0.1) is 0 Å². The summed E-state index contributed by atoms with van der Waals surface area (Å²) in [5.74, 6) is -1.68. The lowest BCUT2D eigenvalue weighted by Gasteiger charge is -2.59. The van der Waals surface area contributed by atoms with E-state index in [9.17, 15) is 19.8 Å². The molecule has 0 unspecified atom stereocenters. The van der Waals surface area contributed by atoms with E-state index in [2.05, 4.69) is 6.92 Å². The van der Waals surface area contributed by atoms with Crippen molar-refractivity contribution in [2.75, 3.05) is 0 Å². The van der Waals surface area contributed by atoms with E-state index in [1.54, 1.807) is 12.5 Å². The Bertz CT molecular complexity index is 1000. The van der Waals surface area contributed by atoms with Crippen LogP contribution in [0.25, 0.3) is 0 Å². The first-order chi connectivity index (χ1) is 14.6. The highest BCUT2D eigenvalue weighted by molar-refractivity contribution is 5.89. The molecule has 8 atom stereocenters. The summed E-state index contributed by atoms with van der Waals surface area (Å²) in [6.07, 6.45) is 4.59. The van der Waals surface area contributed by atoms with Crippen LogP contribution in [-0.4, -0.2) is 40.3 Å². The molecule has 31 heavy (non-hydrogen) atoms. The molecule has 1 aliphatic heterocycles. The average Bonchev–Trinajstić information content (AvgIpc) is 3.39. The van der Waals surface area contributed by atoms with E-state index in [4.69, 9.17) is 9.15 Å². The summed E-state index contributed by atoms with van der Waals surface area (Å²) in [5.41, 5.74) is 2.57. The molecular formula is C25H30O6.